The van der Waals surface area contributed by atoms with E-state index in [-0.39, 0.29) is 12.3 Å². The molecule has 0 atom stereocenters. The van der Waals surface area contributed by atoms with E-state index in [9.17, 15) is 4.79 Å². The molecule has 0 aliphatic rings. The van der Waals surface area contributed by atoms with Gasteiger partial charge in [0.1, 0.15) is 5.52 Å². The van der Waals surface area contributed by atoms with Crippen molar-refractivity contribution in [2.75, 3.05) is 0 Å². The van der Waals surface area contributed by atoms with Crippen LogP contribution in [0.25, 0.3) is 11.0 Å². The molecule has 8 heteroatoms. The number of para-hydroxylation sites is 1. The molecule has 0 spiro atoms. The number of nitrogens with zero attached hydrogens (tertiary/aromatic N) is 4. The van der Waals surface area contributed by atoms with Gasteiger partial charge in [0.2, 0.25) is 5.91 Å². The number of aromatic nitrogens is 3. The molecule has 0 aliphatic heterocycles. The Morgan fingerprint density at radius 2 is 2.00 bits per heavy atom. The molecular formula is C17H15Cl2N5O. The van der Waals surface area contributed by atoms with Gasteiger partial charge in [-0.05, 0) is 36.8 Å². The monoisotopic (exact) mass is 375 g/mol. The summed E-state index contributed by atoms with van der Waals surface area (Å²) in [6, 6.07) is 12.8. The van der Waals surface area contributed by atoms with Crippen LogP contribution < -0.4 is 5.43 Å². The highest BCUT2D eigenvalue weighted by Gasteiger charge is 2.07. The number of hydrazone groups is 1. The second-order valence-corrected chi connectivity index (χ2v) is 6.23. The molecule has 0 saturated heterocycles. The van der Waals surface area contributed by atoms with Crippen LogP contribution in [-0.2, 0) is 11.3 Å². The van der Waals surface area contributed by atoms with E-state index in [4.69, 9.17) is 23.2 Å². The van der Waals surface area contributed by atoms with Gasteiger partial charge in [-0.1, -0.05) is 46.6 Å². The number of hydrogen-bond acceptors (Lipinski definition) is 4. The molecular weight excluding hydrogens is 361 g/mol. The highest BCUT2D eigenvalue weighted by Crippen LogP contribution is 2.22. The summed E-state index contributed by atoms with van der Waals surface area (Å²) >= 11 is 11.9. The first-order chi connectivity index (χ1) is 12.0. The van der Waals surface area contributed by atoms with E-state index < -0.39 is 0 Å². The van der Waals surface area contributed by atoms with Crippen molar-refractivity contribution in [2.45, 2.75) is 19.9 Å². The van der Waals surface area contributed by atoms with E-state index in [1.807, 2.05) is 24.3 Å². The quantitative estimate of drug-likeness (QED) is 0.546. The maximum Gasteiger partial charge on any atom is 0.241 e. The molecule has 3 aromatic rings. The number of carbonyl (C=O) groups excluding carboxylic acids is 1. The lowest BCUT2D eigenvalue weighted by Gasteiger charge is -2.05. The predicted octanol–water partition coefficient (Wildman–Crippen LogP) is 3.67. The van der Waals surface area contributed by atoms with Crippen molar-refractivity contribution in [1.82, 2.24) is 20.4 Å². The van der Waals surface area contributed by atoms with E-state index >= 15 is 0 Å². The number of benzene rings is 2. The maximum absolute atomic E-state index is 12.0. The van der Waals surface area contributed by atoms with E-state index in [2.05, 4.69) is 20.8 Å². The summed E-state index contributed by atoms with van der Waals surface area (Å²) in [6.45, 7) is 2.21. The van der Waals surface area contributed by atoms with Gasteiger partial charge >= 0.3 is 0 Å². The molecule has 0 saturated carbocycles. The second-order valence-electron chi connectivity index (χ2n) is 5.41. The zero-order valence-corrected chi connectivity index (χ0v) is 14.9. The SMILES string of the molecule is C/C(=N/NC(=O)CCn1nnc2ccccc21)c1ccc(Cl)c(Cl)c1. The fourth-order valence-electron chi connectivity index (χ4n) is 2.28. The fraction of sp³-hybridized carbons (Fsp3) is 0.176. The van der Waals surface area contributed by atoms with E-state index in [1.54, 1.807) is 29.8 Å². The third kappa shape index (κ3) is 4.15. The summed E-state index contributed by atoms with van der Waals surface area (Å²) in [7, 11) is 0. The minimum absolute atomic E-state index is 0.209. The largest absolute Gasteiger partial charge is 0.273 e. The molecule has 1 amide bonds. The van der Waals surface area contributed by atoms with Crippen molar-refractivity contribution in [2.24, 2.45) is 5.10 Å². The first-order valence-electron chi connectivity index (χ1n) is 7.61. The lowest BCUT2D eigenvalue weighted by Crippen LogP contribution is -2.21. The third-order valence-electron chi connectivity index (χ3n) is 3.66. The minimum Gasteiger partial charge on any atom is -0.273 e. The third-order valence-corrected chi connectivity index (χ3v) is 4.40. The molecule has 0 radical (unpaired) electrons. The van der Waals surface area contributed by atoms with Crippen LogP contribution in [0.2, 0.25) is 10.0 Å². The molecule has 0 unspecified atom stereocenters. The molecule has 25 heavy (non-hydrogen) atoms. The van der Waals surface area contributed by atoms with Gasteiger partial charge in [0.05, 0.1) is 27.8 Å². The number of amides is 1. The zero-order chi connectivity index (χ0) is 17.8. The number of carbonyl (C=O) groups is 1. The number of rotatable bonds is 5. The molecule has 2 aromatic carbocycles. The molecule has 1 aromatic heterocycles. The number of hydrogen-bond donors (Lipinski definition) is 1. The van der Waals surface area contributed by atoms with Gasteiger partial charge in [0, 0.05) is 6.42 Å². The fourth-order valence-corrected chi connectivity index (χ4v) is 2.58. The topological polar surface area (TPSA) is 72.2 Å². The van der Waals surface area contributed by atoms with Crippen LogP contribution in [0.3, 0.4) is 0 Å². The smallest absolute Gasteiger partial charge is 0.241 e. The Balaban J connectivity index is 1.59. The van der Waals surface area contributed by atoms with Crippen LogP contribution in [0, 0.1) is 0 Å². The van der Waals surface area contributed by atoms with Crippen LogP contribution in [0.4, 0.5) is 0 Å². The van der Waals surface area contributed by atoms with Crippen molar-refractivity contribution in [3.8, 4) is 0 Å². The van der Waals surface area contributed by atoms with Gasteiger partial charge in [0.25, 0.3) is 0 Å². The van der Waals surface area contributed by atoms with Gasteiger partial charge in [-0.15, -0.1) is 5.10 Å². The molecule has 0 bridgehead atoms. The van der Waals surface area contributed by atoms with Crippen molar-refractivity contribution < 1.29 is 4.79 Å². The summed E-state index contributed by atoms with van der Waals surface area (Å²) in [6.07, 6.45) is 0.242. The molecule has 0 aliphatic carbocycles. The lowest BCUT2D eigenvalue weighted by atomic mass is 10.1. The number of halogens is 2. The molecule has 1 N–H and O–H groups in total. The Bertz CT molecular complexity index is 951. The van der Waals surface area contributed by atoms with Gasteiger partial charge in [-0.2, -0.15) is 5.10 Å². The Morgan fingerprint density at radius 1 is 1.20 bits per heavy atom. The first kappa shape index (κ1) is 17.4. The first-order valence-corrected chi connectivity index (χ1v) is 8.37. The number of fused-ring (bicyclic) bond motifs is 1. The average Bonchev–Trinajstić information content (AvgIpc) is 3.03. The minimum atomic E-state index is -0.209. The number of aryl methyl sites for hydroxylation is 1. The van der Waals surface area contributed by atoms with E-state index in [0.717, 1.165) is 16.6 Å². The summed E-state index contributed by atoms with van der Waals surface area (Å²) in [5, 5.41) is 13.1. The van der Waals surface area contributed by atoms with Gasteiger partial charge in [-0.25, -0.2) is 10.1 Å². The maximum atomic E-state index is 12.0. The Kier molecular flexibility index (Phi) is 5.31. The van der Waals surface area contributed by atoms with Crippen molar-refractivity contribution >= 4 is 45.9 Å². The summed E-state index contributed by atoms with van der Waals surface area (Å²) in [5.74, 6) is -0.209. The van der Waals surface area contributed by atoms with Crippen LogP contribution in [0.5, 0.6) is 0 Å². The summed E-state index contributed by atoms with van der Waals surface area (Å²) in [5.41, 5.74) is 5.66. The Labute approximate surface area is 154 Å². The molecule has 1 heterocycles. The van der Waals surface area contributed by atoms with Gasteiger partial charge < -0.3 is 0 Å². The standard InChI is InChI=1S/C17H15Cl2N5O/c1-11(12-6-7-13(18)14(19)10-12)20-22-17(25)8-9-24-16-5-3-2-4-15(16)21-23-24/h2-7,10H,8-9H2,1H3,(H,22,25)/b20-11-. The van der Waals surface area contributed by atoms with Crippen LogP contribution in [0.1, 0.15) is 18.9 Å². The molecule has 0 fully saturated rings. The van der Waals surface area contributed by atoms with Crippen LogP contribution in [-0.4, -0.2) is 26.6 Å². The van der Waals surface area contributed by atoms with Crippen LogP contribution >= 0.6 is 23.2 Å². The summed E-state index contributed by atoms with van der Waals surface area (Å²) < 4.78 is 1.70. The van der Waals surface area contributed by atoms with Gasteiger partial charge in [-0.3, -0.25) is 4.79 Å². The number of nitrogens with one attached hydrogen (secondary N) is 1. The zero-order valence-electron chi connectivity index (χ0n) is 13.4. The predicted molar refractivity (Wildman–Crippen MR) is 99.0 cm³/mol. The normalized spacial score (nSPS) is 11.7. The Hall–Kier alpha value is -2.44. The van der Waals surface area contributed by atoms with E-state index in [1.165, 1.54) is 0 Å². The van der Waals surface area contributed by atoms with Crippen molar-refractivity contribution in [1.29, 1.82) is 0 Å². The van der Waals surface area contributed by atoms with Crippen molar-refractivity contribution in [3.63, 3.8) is 0 Å². The van der Waals surface area contributed by atoms with Gasteiger partial charge in [0.15, 0.2) is 0 Å². The highest BCUT2D eigenvalue weighted by molar-refractivity contribution is 6.42. The highest BCUT2D eigenvalue weighted by atomic mass is 35.5. The molecule has 128 valence electrons. The Morgan fingerprint density at radius 3 is 2.80 bits per heavy atom. The van der Waals surface area contributed by atoms with E-state index in [0.29, 0.717) is 22.3 Å². The van der Waals surface area contributed by atoms with Crippen molar-refractivity contribution in [3.05, 3.63) is 58.1 Å². The second kappa shape index (κ2) is 7.63. The summed E-state index contributed by atoms with van der Waals surface area (Å²) in [4.78, 5) is 12.0. The van der Waals surface area contributed by atoms with Crippen LogP contribution in [0.15, 0.2) is 47.6 Å². The molecule has 6 nitrogen and oxygen atoms in total. The average molecular weight is 376 g/mol. The molecule has 3 rings (SSSR count). The lowest BCUT2D eigenvalue weighted by molar-refractivity contribution is -0.121.